The number of amides is 1. The van der Waals surface area contributed by atoms with E-state index < -0.39 is 0 Å². The van der Waals surface area contributed by atoms with E-state index in [4.69, 9.17) is 34.8 Å². The Morgan fingerprint density at radius 1 is 1.03 bits per heavy atom. The molecule has 34 heavy (non-hydrogen) atoms. The van der Waals surface area contributed by atoms with Crippen molar-refractivity contribution in [2.45, 2.75) is 18.3 Å². The molecule has 2 aliphatic heterocycles. The lowest BCUT2D eigenvalue weighted by molar-refractivity contribution is 0.0977. The Labute approximate surface area is 214 Å². The number of anilines is 1. The summed E-state index contributed by atoms with van der Waals surface area (Å²) < 4.78 is 0. The summed E-state index contributed by atoms with van der Waals surface area (Å²) in [5.41, 5.74) is 3.58. The first-order chi connectivity index (χ1) is 16.4. The van der Waals surface area contributed by atoms with Gasteiger partial charge in [0.15, 0.2) is 0 Å². The molecule has 0 saturated carbocycles. The number of nitrogens with zero attached hydrogens (tertiary/aromatic N) is 3. The fourth-order valence-electron chi connectivity index (χ4n) is 5.04. The van der Waals surface area contributed by atoms with E-state index in [1.807, 2.05) is 47.4 Å². The lowest BCUT2D eigenvalue weighted by Gasteiger charge is -2.39. The largest absolute Gasteiger partial charge is 0.307 e. The summed E-state index contributed by atoms with van der Waals surface area (Å²) in [6, 6.07) is 17.0. The van der Waals surface area contributed by atoms with Crippen LogP contribution in [0.2, 0.25) is 15.2 Å². The number of hydrogen-bond donors (Lipinski definition) is 0. The van der Waals surface area contributed by atoms with Crippen LogP contribution in [0.4, 0.5) is 5.69 Å². The van der Waals surface area contributed by atoms with Gasteiger partial charge >= 0.3 is 0 Å². The lowest BCUT2D eigenvalue weighted by Crippen LogP contribution is -2.46. The van der Waals surface area contributed by atoms with Crippen LogP contribution in [0.5, 0.6) is 0 Å². The van der Waals surface area contributed by atoms with Gasteiger partial charge in [0.2, 0.25) is 0 Å². The molecule has 174 valence electrons. The van der Waals surface area contributed by atoms with E-state index in [0.717, 1.165) is 48.7 Å². The molecule has 3 aromatic rings. The summed E-state index contributed by atoms with van der Waals surface area (Å²) in [6.07, 6.45) is 7.74. The minimum Gasteiger partial charge on any atom is -0.307 e. The van der Waals surface area contributed by atoms with E-state index in [1.54, 1.807) is 18.3 Å². The topological polar surface area (TPSA) is 36.4 Å². The highest BCUT2D eigenvalue weighted by atomic mass is 35.5. The Bertz CT molecular complexity index is 1250. The maximum absolute atomic E-state index is 13.4. The summed E-state index contributed by atoms with van der Waals surface area (Å²) >= 11 is 18.7. The van der Waals surface area contributed by atoms with Crippen LogP contribution in [-0.2, 0) is 5.41 Å². The maximum Gasteiger partial charge on any atom is 0.258 e. The molecule has 3 heterocycles. The molecule has 0 unspecified atom stereocenters. The number of benzene rings is 2. The fourth-order valence-corrected chi connectivity index (χ4v) is 5.59. The van der Waals surface area contributed by atoms with Gasteiger partial charge in [0.25, 0.3) is 5.91 Å². The predicted molar refractivity (Wildman–Crippen MR) is 140 cm³/mol. The number of halogens is 3. The average molecular weight is 513 g/mol. The third kappa shape index (κ3) is 4.60. The van der Waals surface area contributed by atoms with Crippen LogP contribution in [0.1, 0.15) is 34.3 Å². The molecule has 1 spiro atoms. The predicted octanol–water partition coefficient (Wildman–Crippen LogP) is 6.75. The van der Waals surface area contributed by atoms with E-state index in [1.165, 1.54) is 5.56 Å². The van der Waals surface area contributed by atoms with Crippen LogP contribution in [-0.4, -0.2) is 42.0 Å². The van der Waals surface area contributed by atoms with Gasteiger partial charge in [-0.3, -0.25) is 9.69 Å². The zero-order chi connectivity index (χ0) is 23.7. The molecule has 0 aliphatic carbocycles. The number of likely N-dealkylation sites (tertiary alicyclic amines) is 1. The fraction of sp³-hybridized carbons (Fsp3) is 0.259. The first-order valence-electron chi connectivity index (χ1n) is 11.3. The monoisotopic (exact) mass is 511 g/mol. The molecule has 1 aromatic heterocycles. The maximum atomic E-state index is 13.4. The van der Waals surface area contributed by atoms with E-state index in [9.17, 15) is 4.79 Å². The van der Waals surface area contributed by atoms with Gasteiger partial charge in [0.05, 0.1) is 0 Å². The van der Waals surface area contributed by atoms with Crippen molar-refractivity contribution < 1.29 is 4.79 Å². The number of fused-ring (bicyclic) bond motifs is 2. The highest BCUT2D eigenvalue weighted by Gasteiger charge is 2.46. The SMILES string of the molecule is O=C(c1ccnc(Cl)c1)N1CC2(CCN(C/C=C/c3ccccc3Cl)CC2)c2cc(Cl)ccc21. The molecule has 4 nitrogen and oxygen atoms in total. The van der Waals surface area contributed by atoms with Crippen LogP contribution in [0.15, 0.2) is 66.9 Å². The van der Waals surface area contributed by atoms with Gasteiger partial charge in [-0.2, -0.15) is 0 Å². The van der Waals surface area contributed by atoms with Crippen LogP contribution in [0, 0.1) is 0 Å². The molecule has 0 radical (unpaired) electrons. The Balaban J connectivity index is 1.33. The van der Waals surface area contributed by atoms with Crippen molar-refractivity contribution in [3.05, 3.63) is 98.8 Å². The molecule has 1 saturated heterocycles. The lowest BCUT2D eigenvalue weighted by atomic mass is 9.74. The first kappa shape index (κ1) is 23.4. The smallest absolute Gasteiger partial charge is 0.258 e. The molecule has 0 N–H and O–H groups in total. The molecule has 2 aliphatic rings. The summed E-state index contributed by atoms with van der Waals surface area (Å²) in [4.78, 5) is 21.7. The van der Waals surface area contributed by atoms with E-state index in [2.05, 4.69) is 22.0 Å². The number of pyridine rings is 1. The number of carbonyl (C=O) groups excluding carboxylic acids is 1. The molecule has 1 fully saturated rings. The van der Waals surface area contributed by atoms with E-state index >= 15 is 0 Å². The Morgan fingerprint density at radius 3 is 2.59 bits per heavy atom. The second-order valence-electron chi connectivity index (χ2n) is 8.92. The van der Waals surface area contributed by atoms with Gasteiger partial charge < -0.3 is 4.90 Å². The molecule has 0 atom stereocenters. The second kappa shape index (κ2) is 9.71. The van der Waals surface area contributed by atoms with Crippen molar-refractivity contribution in [1.82, 2.24) is 9.88 Å². The highest BCUT2D eigenvalue weighted by molar-refractivity contribution is 6.32. The Hall–Kier alpha value is -2.37. The van der Waals surface area contributed by atoms with Crippen molar-refractivity contribution in [2.24, 2.45) is 0 Å². The van der Waals surface area contributed by atoms with Crippen LogP contribution in [0.25, 0.3) is 6.08 Å². The average Bonchev–Trinajstić information content (AvgIpc) is 3.14. The third-order valence-electron chi connectivity index (χ3n) is 6.88. The van der Waals surface area contributed by atoms with Crippen LogP contribution in [0.3, 0.4) is 0 Å². The molecular weight excluding hydrogens is 489 g/mol. The van der Waals surface area contributed by atoms with Gasteiger partial charge in [0, 0.05) is 46.0 Å². The minimum absolute atomic E-state index is 0.0603. The summed E-state index contributed by atoms with van der Waals surface area (Å²) in [6.45, 7) is 3.40. The van der Waals surface area contributed by atoms with Crippen molar-refractivity contribution in [1.29, 1.82) is 0 Å². The number of carbonyl (C=O) groups is 1. The minimum atomic E-state index is -0.102. The molecule has 0 bridgehead atoms. The second-order valence-corrected chi connectivity index (χ2v) is 10.2. The van der Waals surface area contributed by atoms with Gasteiger partial charge in [-0.1, -0.05) is 65.2 Å². The Kier molecular flexibility index (Phi) is 6.67. The quantitative estimate of drug-likeness (QED) is 0.363. The summed E-state index contributed by atoms with van der Waals surface area (Å²) in [5.74, 6) is -0.0603. The Morgan fingerprint density at radius 2 is 1.82 bits per heavy atom. The highest BCUT2D eigenvalue weighted by Crippen LogP contribution is 2.48. The summed E-state index contributed by atoms with van der Waals surface area (Å²) in [7, 11) is 0. The zero-order valence-electron chi connectivity index (χ0n) is 18.6. The van der Waals surface area contributed by atoms with Crippen molar-refractivity contribution in [2.75, 3.05) is 31.1 Å². The summed E-state index contributed by atoms with van der Waals surface area (Å²) in [5, 5.41) is 1.77. The zero-order valence-corrected chi connectivity index (χ0v) is 20.8. The first-order valence-corrected chi connectivity index (χ1v) is 12.5. The number of rotatable bonds is 4. The number of aromatic nitrogens is 1. The molecule has 5 rings (SSSR count). The van der Waals surface area contributed by atoms with Crippen LogP contribution < -0.4 is 4.90 Å². The number of hydrogen-bond acceptors (Lipinski definition) is 3. The van der Waals surface area contributed by atoms with Crippen molar-refractivity contribution in [3.8, 4) is 0 Å². The van der Waals surface area contributed by atoms with Gasteiger partial charge in [-0.15, -0.1) is 0 Å². The van der Waals surface area contributed by atoms with E-state index in [0.29, 0.717) is 22.3 Å². The molecule has 2 aromatic carbocycles. The van der Waals surface area contributed by atoms with E-state index in [-0.39, 0.29) is 11.3 Å². The molecular formula is C27H24Cl3N3O. The molecule has 7 heteroatoms. The van der Waals surface area contributed by atoms with Gasteiger partial charge in [0.1, 0.15) is 5.15 Å². The van der Waals surface area contributed by atoms with Gasteiger partial charge in [-0.25, -0.2) is 4.98 Å². The normalized spacial score (nSPS) is 17.4. The van der Waals surface area contributed by atoms with Crippen LogP contribution >= 0.6 is 34.8 Å². The molecule has 1 amide bonds. The van der Waals surface area contributed by atoms with Crippen molar-refractivity contribution in [3.63, 3.8) is 0 Å². The van der Waals surface area contributed by atoms with Gasteiger partial charge in [-0.05, 0) is 73.5 Å². The third-order valence-corrected chi connectivity index (χ3v) is 7.67. The number of piperidine rings is 1. The van der Waals surface area contributed by atoms with Crippen molar-refractivity contribution >= 4 is 52.5 Å². The standard InChI is InChI=1S/C27H24Cl3N3O/c28-21-7-8-24-22(17-21)27(18-33(24)26(34)20-9-12-31-25(30)16-20)10-14-32(15-11-27)13-3-5-19-4-1-2-6-23(19)29/h1-9,12,16-17H,10-11,13-15,18H2/b5-3+.